The molecule has 0 spiro atoms. The highest BCUT2D eigenvalue weighted by atomic mass is 32.2. The second kappa shape index (κ2) is 6.01. The molecule has 1 aromatic rings. The number of sulfonamides is 1. The van der Waals surface area contributed by atoms with Gasteiger partial charge in [-0.05, 0) is 42.5 Å². The first-order chi connectivity index (χ1) is 11.6. The molecule has 1 heterocycles. The number of nitrogens with one attached hydrogen (secondary N) is 1. The van der Waals surface area contributed by atoms with Gasteiger partial charge in [-0.25, -0.2) is 8.42 Å². The number of carbonyl (C=O) groups excluding carboxylic acids is 1. The van der Waals surface area contributed by atoms with Gasteiger partial charge in [-0.2, -0.15) is 0 Å². The fraction of sp³-hybridized carbons (Fsp3) is 0.529. The van der Waals surface area contributed by atoms with Crippen LogP contribution in [0.2, 0.25) is 0 Å². The standard InChI is InChI=1S/C17H22N2O5S/c1-17(2)13(14(17)16(21)22)15(20)18-11-5-7-12(8-6-11)19-9-3-4-10-25(19,23)24/h5-8,13-14H,3-4,9-10H2,1-2H3,(H,18,20)(H,21,22)/t13-,14+/m1/s1. The molecule has 0 radical (unpaired) electrons. The maximum absolute atomic E-state index is 12.3. The Morgan fingerprint density at radius 2 is 1.80 bits per heavy atom. The Morgan fingerprint density at radius 3 is 2.32 bits per heavy atom. The number of rotatable bonds is 4. The molecular formula is C17H22N2O5S. The Labute approximate surface area is 147 Å². The van der Waals surface area contributed by atoms with Crippen LogP contribution in [0.25, 0.3) is 0 Å². The molecule has 0 unspecified atom stereocenters. The van der Waals surface area contributed by atoms with Crippen molar-refractivity contribution in [3.63, 3.8) is 0 Å². The van der Waals surface area contributed by atoms with E-state index < -0.39 is 33.2 Å². The van der Waals surface area contributed by atoms with E-state index in [1.807, 2.05) is 0 Å². The lowest BCUT2D eigenvalue weighted by Gasteiger charge is -2.28. The molecular weight excluding hydrogens is 344 g/mol. The molecule has 1 saturated heterocycles. The van der Waals surface area contributed by atoms with Crippen molar-refractivity contribution in [1.82, 2.24) is 0 Å². The van der Waals surface area contributed by atoms with Gasteiger partial charge in [-0.1, -0.05) is 13.8 Å². The second-order valence-electron chi connectivity index (χ2n) is 7.25. The van der Waals surface area contributed by atoms with Gasteiger partial charge in [-0.15, -0.1) is 0 Å². The number of benzene rings is 1. The number of amides is 1. The fourth-order valence-electron chi connectivity index (χ4n) is 3.60. The minimum atomic E-state index is -3.27. The predicted octanol–water partition coefficient (Wildman–Crippen LogP) is 1.91. The number of aliphatic carboxylic acids is 1. The number of carboxylic acid groups (broad SMARTS) is 1. The van der Waals surface area contributed by atoms with E-state index in [1.54, 1.807) is 38.1 Å². The molecule has 25 heavy (non-hydrogen) atoms. The van der Waals surface area contributed by atoms with Gasteiger partial charge in [0, 0.05) is 12.2 Å². The largest absolute Gasteiger partial charge is 0.481 e. The molecule has 0 aromatic heterocycles. The molecule has 7 nitrogen and oxygen atoms in total. The number of nitrogens with zero attached hydrogens (tertiary/aromatic N) is 1. The van der Waals surface area contributed by atoms with Crippen molar-refractivity contribution in [2.24, 2.45) is 17.3 Å². The summed E-state index contributed by atoms with van der Waals surface area (Å²) in [6.45, 7) is 3.99. The Bertz CT molecular complexity index is 801. The molecule has 136 valence electrons. The maximum atomic E-state index is 12.3. The summed E-state index contributed by atoms with van der Waals surface area (Å²) in [5.74, 6) is -2.37. The third-order valence-corrected chi connectivity index (χ3v) is 7.02. The van der Waals surface area contributed by atoms with Gasteiger partial charge in [0.05, 0.1) is 23.3 Å². The van der Waals surface area contributed by atoms with E-state index in [2.05, 4.69) is 5.32 Å². The Kier molecular flexibility index (Phi) is 4.26. The Balaban J connectivity index is 1.69. The Morgan fingerprint density at radius 1 is 1.16 bits per heavy atom. The quantitative estimate of drug-likeness (QED) is 0.847. The minimum absolute atomic E-state index is 0.152. The van der Waals surface area contributed by atoms with Crippen LogP contribution in [0, 0.1) is 17.3 Å². The number of hydrogen-bond donors (Lipinski definition) is 2. The van der Waals surface area contributed by atoms with Crippen LogP contribution in [0.1, 0.15) is 26.7 Å². The van der Waals surface area contributed by atoms with Gasteiger partial charge in [0.2, 0.25) is 15.9 Å². The van der Waals surface area contributed by atoms with Crippen molar-refractivity contribution in [3.8, 4) is 0 Å². The molecule has 3 rings (SSSR count). The lowest BCUT2D eigenvalue weighted by molar-refractivity contribution is -0.140. The van der Waals surface area contributed by atoms with Crippen molar-refractivity contribution < 1.29 is 23.1 Å². The van der Waals surface area contributed by atoms with Crippen LogP contribution >= 0.6 is 0 Å². The maximum Gasteiger partial charge on any atom is 0.307 e. The van der Waals surface area contributed by atoms with Crippen molar-refractivity contribution in [2.75, 3.05) is 21.9 Å². The van der Waals surface area contributed by atoms with Gasteiger partial charge in [0.15, 0.2) is 0 Å². The topological polar surface area (TPSA) is 104 Å². The average Bonchev–Trinajstić information content (AvgIpc) is 3.11. The van der Waals surface area contributed by atoms with E-state index in [1.165, 1.54) is 4.31 Å². The lowest BCUT2D eigenvalue weighted by Crippen LogP contribution is -2.37. The van der Waals surface area contributed by atoms with E-state index >= 15 is 0 Å². The molecule has 2 aliphatic rings. The highest BCUT2D eigenvalue weighted by Gasteiger charge is 2.65. The van der Waals surface area contributed by atoms with E-state index in [0.717, 1.165) is 6.42 Å². The van der Waals surface area contributed by atoms with E-state index in [0.29, 0.717) is 24.3 Å². The highest BCUT2D eigenvalue weighted by molar-refractivity contribution is 7.92. The summed E-state index contributed by atoms with van der Waals surface area (Å²) in [5, 5.41) is 11.9. The molecule has 2 N–H and O–H groups in total. The molecule has 1 aliphatic carbocycles. The molecule has 2 atom stereocenters. The summed E-state index contributed by atoms with van der Waals surface area (Å²) in [7, 11) is -3.27. The first-order valence-corrected chi connectivity index (χ1v) is 9.89. The molecule has 2 fully saturated rings. The third kappa shape index (κ3) is 3.22. The smallest absolute Gasteiger partial charge is 0.307 e. The van der Waals surface area contributed by atoms with Crippen LogP contribution in [0.15, 0.2) is 24.3 Å². The van der Waals surface area contributed by atoms with Crippen LogP contribution in [0.4, 0.5) is 11.4 Å². The SMILES string of the molecule is CC1(C)[C@H](C(=O)O)[C@@H]1C(=O)Nc1ccc(N2CCCCS2(=O)=O)cc1. The van der Waals surface area contributed by atoms with E-state index in [9.17, 15) is 18.0 Å². The normalized spacial score (nSPS) is 26.7. The summed E-state index contributed by atoms with van der Waals surface area (Å²) < 4.78 is 25.6. The van der Waals surface area contributed by atoms with Crippen molar-refractivity contribution in [3.05, 3.63) is 24.3 Å². The molecule has 8 heteroatoms. The Hall–Kier alpha value is -2.09. The molecule has 1 amide bonds. The second-order valence-corrected chi connectivity index (χ2v) is 9.26. The van der Waals surface area contributed by atoms with Crippen molar-refractivity contribution >= 4 is 33.3 Å². The summed E-state index contributed by atoms with van der Waals surface area (Å²) >= 11 is 0. The van der Waals surface area contributed by atoms with Crippen molar-refractivity contribution in [1.29, 1.82) is 0 Å². The van der Waals surface area contributed by atoms with Crippen LogP contribution in [0.5, 0.6) is 0 Å². The molecule has 1 aromatic carbocycles. The number of hydrogen-bond acceptors (Lipinski definition) is 4. The summed E-state index contributed by atoms with van der Waals surface area (Å²) in [4.78, 5) is 23.5. The fourth-order valence-corrected chi connectivity index (χ4v) is 5.24. The minimum Gasteiger partial charge on any atom is -0.481 e. The van der Waals surface area contributed by atoms with E-state index in [4.69, 9.17) is 5.11 Å². The number of carbonyl (C=O) groups is 2. The van der Waals surface area contributed by atoms with Gasteiger partial charge in [0.1, 0.15) is 0 Å². The van der Waals surface area contributed by atoms with Gasteiger partial charge in [0.25, 0.3) is 0 Å². The number of anilines is 2. The van der Waals surface area contributed by atoms with Gasteiger partial charge < -0.3 is 10.4 Å². The third-order valence-electron chi connectivity index (χ3n) is 5.15. The summed E-state index contributed by atoms with van der Waals surface area (Å²) in [6.07, 6.45) is 1.50. The first-order valence-electron chi connectivity index (χ1n) is 8.29. The van der Waals surface area contributed by atoms with Gasteiger partial charge >= 0.3 is 5.97 Å². The zero-order valence-corrected chi connectivity index (χ0v) is 15.0. The molecule has 0 bridgehead atoms. The predicted molar refractivity (Wildman–Crippen MR) is 93.8 cm³/mol. The van der Waals surface area contributed by atoms with Crippen LogP contribution in [0.3, 0.4) is 0 Å². The van der Waals surface area contributed by atoms with Crippen LogP contribution in [-0.2, 0) is 19.6 Å². The first kappa shape index (κ1) is 17.7. The lowest BCUT2D eigenvalue weighted by atomic mass is 10.1. The zero-order chi connectivity index (χ0) is 18.4. The summed E-state index contributed by atoms with van der Waals surface area (Å²) in [5.41, 5.74) is 0.542. The summed E-state index contributed by atoms with van der Waals surface area (Å²) in [6, 6.07) is 6.60. The highest BCUT2D eigenvalue weighted by Crippen LogP contribution is 2.58. The zero-order valence-electron chi connectivity index (χ0n) is 14.2. The molecule has 1 aliphatic heterocycles. The van der Waals surface area contributed by atoms with Crippen molar-refractivity contribution in [2.45, 2.75) is 26.7 Å². The van der Waals surface area contributed by atoms with E-state index in [-0.39, 0.29) is 11.7 Å². The molecule has 1 saturated carbocycles. The average molecular weight is 366 g/mol. The van der Waals surface area contributed by atoms with Gasteiger partial charge in [-0.3, -0.25) is 13.9 Å². The number of carboxylic acids is 1. The monoisotopic (exact) mass is 366 g/mol. The van der Waals surface area contributed by atoms with Crippen LogP contribution < -0.4 is 9.62 Å². The van der Waals surface area contributed by atoms with Crippen LogP contribution in [-0.4, -0.2) is 37.7 Å².